The number of nitriles is 1. The van der Waals surface area contributed by atoms with Crippen LogP contribution in [0.2, 0.25) is 5.02 Å². The SMILES string of the molecule is Cc1c(-c2cnn(CC(C)C)c2)cnc(C#N)c1Cl. The van der Waals surface area contributed by atoms with Gasteiger partial charge in [-0.1, -0.05) is 25.4 Å². The summed E-state index contributed by atoms with van der Waals surface area (Å²) in [6.45, 7) is 7.05. The Hall–Kier alpha value is -1.86. The zero-order valence-electron chi connectivity index (χ0n) is 11.2. The maximum absolute atomic E-state index is 8.89. The van der Waals surface area contributed by atoms with Gasteiger partial charge in [0.05, 0.1) is 11.2 Å². The van der Waals surface area contributed by atoms with Gasteiger partial charge in [0, 0.05) is 30.1 Å². The van der Waals surface area contributed by atoms with E-state index in [1.54, 1.807) is 12.4 Å². The molecule has 0 amide bonds. The van der Waals surface area contributed by atoms with Crippen LogP contribution in [0.25, 0.3) is 11.1 Å². The van der Waals surface area contributed by atoms with Crippen LogP contribution in [0.5, 0.6) is 0 Å². The molecule has 2 heterocycles. The van der Waals surface area contributed by atoms with E-state index in [2.05, 4.69) is 23.9 Å². The lowest BCUT2D eigenvalue weighted by atomic mass is 10.1. The van der Waals surface area contributed by atoms with E-state index in [0.29, 0.717) is 10.9 Å². The molecule has 4 nitrogen and oxygen atoms in total. The van der Waals surface area contributed by atoms with E-state index in [9.17, 15) is 0 Å². The predicted octanol–water partition coefficient (Wildman–Crippen LogP) is 3.43. The van der Waals surface area contributed by atoms with Gasteiger partial charge in [-0.15, -0.1) is 0 Å². The molecule has 2 aromatic rings. The molecule has 0 aromatic carbocycles. The molecule has 5 heteroatoms. The fourth-order valence-corrected chi connectivity index (χ4v) is 2.12. The van der Waals surface area contributed by atoms with Crippen molar-refractivity contribution >= 4 is 11.6 Å². The van der Waals surface area contributed by atoms with Gasteiger partial charge >= 0.3 is 0 Å². The van der Waals surface area contributed by atoms with Gasteiger partial charge in [0.15, 0.2) is 5.69 Å². The minimum atomic E-state index is 0.262. The van der Waals surface area contributed by atoms with Crippen molar-refractivity contribution in [3.8, 4) is 17.2 Å². The van der Waals surface area contributed by atoms with Crippen molar-refractivity contribution in [3.05, 3.63) is 34.9 Å². The van der Waals surface area contributed by atoms with Crippen molar-refractivity contribution in [2.45, 2.75) is 27.3 Å². The van der Waals surface area contributed by atoms with Crippen molar-refractivity contribution < 1.29 is 0 Å². The van der Waals surface area contributed by atoms with Gasteiger partial charge < -0.3 is 0 Å². The molecule has 98 valence electrons. The van der Waals surface area contributed by atoms with Crippen LogP contribution in [0.1, 0.15) is 25.1 Å². The quantitative estimate of drug-likeness (QED) is 0.861. The number of hydrogen-bond acceptors (Lipinski definition) is 3. The summed E-state index contributed by atoms with van der Waals surface area (Å²) in [5.74, 6) is 0.538. The van der Waals surface area contributed by atoms with Gasteiger partial charge in [-0.2, -0.15) is 10.4 Å². The van der Waals surface area contributed by atoms with Gasteiger partial charge in [0.2, 0.25) is 0 Å². The molecule has 2 rings (SSSR count). The van der Waals surface area contributed by atoms with E-state index in [4.69, 9.17) is 16.9 Å². The van der Waals surface area contributed by atoms with Gasteiger partial charge in [0.25, 0.3) is 0 Å². The lowest BCUT2D eigenvalue weighted by molar-refractivity contribution is 0.483. The molecule has 0 aliphatic carbocycles. The van der Waals surface area contributed by atoms with Crippen LogP contribution in [0.4, 0.5) is 0 Å². The van der Waals surface area contributed by atoms with E-state index in [0.717, 1.165) is 23.2 Å². The highest BCUT2D eigenvalue weighted by Gasteiger charge is 2.12. The van der Waals surface area contributed by atoms with Crippen LogP contribution in [0, 0.1) is 24.2 Å². The fourth-order valence-electron chi connectivity index (χ4n) is 1.92. The first-order chi connectivity index (χ1) is 9.02. The molecular weight excluding hydrogens is 260 g/mol. The average Bonchev–Trinajstić information content (AvgIpc) is 2.80. The van der Waals surface area contributed by atoms with Crippen LogP contribution in [-0.2, 0) is 6.54 Å². The maximum atomic E-state index is 8.89. The van der Waals surface area contributed by atoms with Gasteiger partial charge in [-0.05, 0) is 18.4 Å². The molecule has 2 aromatic heterocycles. The van der Waals surface area contributed by atoms with E-state index < -0.39 is 0 Å². The van der Waals surface area contributed by atoms with Gasteiger partial charge in [-0.25, -0.2) is 4.98 Å². The molecule has 0 spiro atoms. The molecule has 0 bridgehead atoms. The number of pyridine rings is 1. The van der Waals surface area contributed by atoms with E-state index >= 15 is 0 Å². The number of aromatic nitrogens is 3. The molecule has 0 unspecified atom stereocenters. The number of nitrogens with zero attached hydrogens (tertiary/aromatic N) is 4. The lowest BCUT2D eigenvalue weighted by Crippen LogP contribution is -2.04. The molecule has 0 N–H and O–H groups in total. The predicted molar refractivity (Wildman–Crippen MR) is 74.8 cm³/mol. The molecule has 19 heavy (non-hydrogen) atoms. The Bertz CT molecular complexity index is 637. The summed E-state index contributed by atoms with van der Waals surface area (Å²) >= 11 is 6.13. The Morgan fingerprint density at radius 1 is 1.42 bits per heavy atom. The summed E-state index contributed by atoms with van der Waals surface area (Å²) < 4.78 is 1.91. The zero-order chi connectivity index (χ0) is 14.0. The average molecular weight is 275 g/mol. The number of rotatable bonds is 3. The highest BCUT2D eigenvalue weighted by Crippen LogP contribution is 2.29. The standard InChI is InChI=1S/C14H15ClN4/c1-9(2)7-19-8-11(5-18-19)12-6-17-13(4-16)14(15)10(12)3/h5-6,8-9H,7H2,1-3H3. The van der Waals surface area contributed by atoms with Crippen molar-refractivity contribution in [1.29, 1.82) is 5.26 Å². The third-order valence-corrected chi connectivity index (χ3v) is 3.33. The summed E-state index contributed by atoms with van der Waals surface area (Å²) in [5, 5.41) is 13.6. The van der Waals surface area contributed by atoms with Crippen LogP contribution in [0.15, 0.2) is 18.6 Å². The van der Waals surface area contributed by atoms with E-state index in [1.165, 1.54) is 0 Å². The minimum absolute atomic E-state index is 0.262. The number of hydrogen-bond donors (Lipinski definition) is 0. The molecule has 0 saturated heterocycles. The third-order valence-electron chi connectivity index (χ3n) is 2.87. The second-order valence-electron chi connectivity index (χ2n) is 4.92. The Morgan fingerprint density at radius 2 is 2.16 bits per heavy atom. The Morgan fingerprint density at radius 3 is 2.79 bits per heavy atom. The van der Waals surface area contributed by atoms with Crippen molar-refractivity contribution in [2.75, 3.05) is 0 Å². The first kappa shape index (κ1) is 13.6. The monoisotopic (exact) mass is 274 g/mol. The zero-order valence-corrected chi connectivity index (χ0v) is 11.9. The normalized spacial score (nSPS) is 10.7. The number of halogens is 1. The summed E-state index contributed by atoms with van der Waals surface area (Å²) in [6.07, 6.45) is 5.46. The van der Waals surface area contributed by atoms with Crippen LogP contribution in [-0.4, -0.2) is 14.8 Å². The summed E-state index contributed by atoms with van der Waals surface area (Å²) in [5.41, 5.74) is 3.01. The van der Waals surface area contributed by atoms with Crippen LogP contribution >= 0.6 is 11.6 Å². The van der Waals surface area contributed by atoms with Crippen molar-refractivity contribution in [2.24, 2.45) is 5.92 Å². The van der Waals surface area contributed by atoms with Crippen LogP contribution in [0.3, 0.4) is 0 Å². The highest BCUT2D eigenvalue weighted by atomic mass is 35.5. The lowest BCUT2D eigenvalue weighted by Gasteiger charge is -2.06. The minimum Gasteiger partial charge on any atom is -0.272 e. The van der Waals surface area contributed by atoms with Crippen molar-refractivity contribution in [3.63, 3.8) is 0 Å². The maximum Gasteiger partial charge on any atom is 0.159 e. The van der Waals surface area contributed by atoms with E-state index in [1.807, 2.05) is 23.9 Å². The van der Waals surface area contributed by atoms with Gasteiger partial charge in [-0.3, -0.25) is 4.68 Å². The Balaban J connectivity index is 2.40. The molecule has 0 aliphatic rings. The second kappa shape index (κ2) is 5.41. The molecule has 0 atom stereocenters. The molecule has 0 saturated carbocycles. The second-order valence-corrected chi connectivity index (χ2v) is 5.29. The molecule has 0 fully saturated rings. The summed E-state index contributed by atoms with van der Waals surface area (Å²) in [7, 11) is 0. The molecule has 0 aliphatic heterocycles. The molecule has 0 radical (unpaired) electrons. The third kappa shape index (κ3) is 2.77. The van der Waals surface area contributed by atoms with Crippen LogP contribution < -0.4 is 0 Å². The smallest absolute Gasteiger partial charge is 0.159 e. The summed E-state index contributed by atoms with van der Waals surface area (Å²) in [4.78, 5) is 4.07. The first-order valence-electron chi connectivity index (χ1n) is 6.11. The van der Waals surface area contributed by atoms with Gasteiger partial charge in [0.1, 0.15) is 6.07 Å². The Kier molecular flexibility index (Phi) is 3.87. The highest BCUT2D eigenvalue weighted by molar-refractivity contribution is 6.32. The fraction of sp³-hybridized carbons (Fsp3) is 0.357. The first-order valence-corrected chi connectivity index (χ1v) is 6.48. The Labute approximate surface area is 117 Å². The molecular formula is C14H15ClN4. The summed E-state index contributed by atoms with van der Waals surface area (Å²) in [6, 6.07) is 1.98. The van der Waals surface area contributed by atoms with Crippen molar-refractivity contribution in [1.82, 2.24) is 14.8 Å². The van der Waals surface area contributed by atoms with E-state index in [-0.39, 0.29) is 5.69 Å². The topological polar surface area (TPSA) is 54.5 Å². The largest absolute Gasteiger partial charge is 0.272 e.